The molecule has 0 bridgehead atoms. The average Bonchev–Trinajstić information content (AvgIpc) is 2.41. The summed E-state index contributed by atoms with van der Waals surface area (Å²) in [5.41, 5.74) is 1.96. The standard InChI is InChI=1S/C14H17N3O/c1-10-4-5-12(8-16-10)18-13-6-7-14(17-9-13)11(2)15-3/h4-9,11,15H,1-3H3. The maximum Gasteiger partial charge on any atom is 0.145 e. The summed E-state index contributed by atoms with van der Waals surface area (Å²) in [5.74, 6) is 1.43. The van der Waals surface area contributed by atoms with Crippen molar-refractivity contribution in [3.05, 3.63) is 48.0 Å². The maximum absolute atomic E-state index is 5.66. The first-order valence-corrected chi connectivity index (χ1v) is 5.93. The highest BCUT2D eigenvalue weighted by Crippen LogP contribution is 2.21. The Labute approximate surface area is 107 Å². The van der Waals surface area contributed by atoms with Crippen molar-refractivity contribution in [1.29, 1.82) is 0 Å². The van der Waals surface area contributed by atoms with Gasteiger partial charge in [-0.3, -0.25) is 9.97 Å². The summed E-state index contributed by atoms with van der Waals surface area (Å²) in [6.07, 6.45) is 3.43. The van der Waals surface area contributed by atoms with Crippen molar-refractivity contribution < 1.29 is 4.74 Å². The first-order valence-electron chi connectivity index (χ1n) is 5.93. The first-order chi connectivity index (χ1) is 8.69. The fraction of sp³-hybridized carbons (Fsp3) is 0.286. The lowest BCUT2D eigenvalue weighted by Gasteiger charge is -2.10. The quantitative estimate of drug-likeness (QED) is 0.897. The van der Waals surface area contributed by atoms with Gasteiger partial charge in [0.2, 0.25) is 0 Å². The van der Waals surface area contributed by atoms with E-state index in [0.29, 0.717) is 5.75 Å². The summed E-state index contributed by atoms with van der Waals surface area (Å²) < 4.78 is 5.66. The molecule has 0 saturated heterocycles. The van der Waals surface area contributed by atoms with Crippen molar-refractivity contribution in [2.45, 2.75) is 19.9 Å². The normalized spacial score (nSPS) is 12.2. The molecule has 2 aromatic rings. The number of ether oxygens (including phenoxy) is 1. The smallest absolute Gasteiger partial charge is 0.145 e. The summed E-state index contributed by atoms with van der Waals surface area (Å²) in [6, 6.07) is 7.92. The maximum atomic E-state index is 5.66. The molecule has 1 N–H and O–H groups in total. The number of nitrogens with one attached hydrogen (secondary N) is 1. The van der Waals surface area contributed by atoms with Gasteiger partial charge in [-0.05, 0) is 45.2 Å². The van der Waals surface area contributed by atoms with Gasteiger partial charge in [0.05, 0.1) is 18.1 Å². The van der Waals surface area contributed by atoms with Crippen LogP contribution in [0.2, 0.25) is 0 Å². The average molecular weight is 243 g/mol. The molecule has 4 nitrogen and oxygen atoms in total. The molecule has 0 aromatic carbocycles. The topological polar surface area (TPSA) is 47.0 Å². The molecule has 0 saturated carbocycles. The SMILES string of the molecule is CNC(C)c1ccc(Oc2ccc(C)nc2)cn1. The Hall–Kier alpha value is -1.94. The number of nitrogens with zero attached hydrogens (tertiary/aromatic N) is 2. The molecule has 0 fully saturated rings. The highest BCUT2D eigenvalue weighted by atomic mass is 16.5. The minimum absolute atomic E-state index is 0.236. The number of rotatable bonds is 4. The minimum atomic E-state index is 0.236. The van der Waals surface area contributed by atoms with Gasteiger partial charge in [-0.1, -0.05) is 0 Å². The second-order valence-corrected chi connectivity index (χ2v) is 4.17. The van der Waals surface area contributed by atoms with Crippen molar-refractivity contribution in [3.63, 3.8) is 0 Å². The molecule has 0 aliphatic rings. The summed E-state index contributed by atoms with van der Waals surface area (Å²) >= 11 is 0. The fourth-order valence-corrected chi connectivity index (χ4v) is 1.51. The van der Waals surface area contributed by atoms with Crippen LogP contribution in [0.4, 0.5) is 0 Å². The molecule has 0 radical (unpaired) electrons. The minimum Gasteiger partial charge on any atom is -0.454 e. The van der Waals surface area contributed by atoms with Crippen LogP contribution < -0.4 is 10.1 Å². The number of hydrogen-bond acceptors (Lipinski definition) is 4. The van der Waals surface area contributed by atoms with E-state index in [4.69, 9.17) is 4.74 Å². The Morgan fingerprint density at radius 1 is 1.06 bits per heavy atom. The van der Waals surface area contributed by atoms with E-state index in [9.17, 15) is 0 Å². The van der Waals surface area contributed by atoms with Crippen molar-refractivity contribution in [2.24, 2.45) is 0 Å². The molecule has 94 valence electrons. The van der Waals surface area contributed by atoms with Crippen LogP contribution in [0.15, 0.2) is 36.7 Å². The van der Waals surface area contributed by atoms with E-state index >= 15 is 0 Å². The van der Waals surface area contributed by atoms with Gasteiger partial charge in [0.25, 0.3) is 0 Å². The molecule has 0 amide bonds. The first kappa shape index (κ1) is 12.5. The van der Waals surface area contributed by atoms with E-state index < -0.39 is 0 Å². The van der Waals surface area contributed by atoms with Crippen LogP contribution in [0.3, 0.4) is 0 Å². The molecule has 4 heteroatoms. The molecule has 0 aliphatic heterocycles. The van der Waals surface area contributed by atoms with Crippen LogP contribution in [0, 0.1) is 6.92 Å². The van der Waals surface area contributed by atoms with Gasteiger partial charge in [-0.15, -0.1) is 0 Å². The van der Waals surface area contributed by atoms with Crippen molar-refractivity contribution in [1.82, 2.24) is 15.3 Å². The third-order valence-corrected chi connectivity index (χ3v) is 2.76. The molecule has 2 heterocycles. The van der Waals surface area contributed by atoms with E-state index in [1.807, 2.05) is 38.2 Å². The zero-order chi connectivity index (χ0) is 13.0. The lowest BCUT2D eigenvalue weighted by atomic mass is 10.2. The Bertz CT molecular complexity index is 493. The molecule has 2 rings (SSSR count). The number of hydrogen-bond donors (Lipinski definition) is 1. The van der Waals surface area contributed by atoms with Crippen molar-refractivity contribution >= 4 is 0 Å². The van der Waals surface area contributed by atoms with E-state index in [1.54, 1.807) is 12.4 Å². The Morgan fingerprint density at radius 3 is 2.22 bits per heavy atom. The van der Waals surface area contributed by atoms with Crippen LogP contribution in [-0.4, -0.2) is 17.0 Å². The summed E-state index contributed by atoms with van der Waals surface area (Å²) in [5, 5.41) is 3.14. The Balaban J connectivity index is 2.08. The second-order valence-electron chi connectivity index (χ2n) is 4.17. The molecule has 0 aliphatic carbocycles. The van der Waals surface area contributed by atoms with E-state index in [0.717, 1.165) is 17.1 Å². The molecule has 2 aromatic heterocycles. The lowest BCUT2D eigenvalue weighted by Crippen LogP contribution is -2.13. The molecule has 0 spiro atoms. The van der Waals surface area contributed by atoms with Crippen LogP contribution in [0.1, 0.15) is 24.4 Å². The zero-order valence-electron chi connectivity index (χ0n) is 10.8. The van der Waals surface area contributed by atoms with Gasteiger partial charge < -0.3 is 10.1 Å². The van der Waals surface area contributed by atoms with Crippen molar-refractivity contribution in [3.8, 4) is 11.5 Å². The highest BCUT2D eigenvalue weighted by Gasteiger charge is 2.04. The summed E-state index contributed by atoms with van der Waals surface area (Å²) in [4.78, 5) is 8.53. The lowest BCUT2D eigenvalue weighted by molar-refractivity contribution is 0.476. The van der Waals surface area contributed by atoms with Crippen LogP contribution in [0.5, 0.6) is 11.5 Å². The van der Waals surface area contributed by atoms with Gasteiger partial charge in [0, 0.05) is 11.7 Å². The number of aromatic nitrogens is 2. The third kappa shape index (κ3) is 3.05. The van der Waals surface area contributed by atoms with Gasteiger partial charge in [-0.25, -0.2) is 0 Å². The highest BCUT2D eigenvalue weighted by molar-refractivity contribution is 5.29. The van der Waals surface area contributed by atoms with Crippen molar-refractivity contribution in [2.75, 3.05) is 7.05 Å². The van der Waals surface area contributed by atoms with Gasteiger partial charge >= 0.3 is 0 Å². The van der Waals surface area contributed by atoms with E-state index in [1.165, 1.54) is 0 Å². The van der Waals surface area contributed by atoms with Crippen LogP contribution >= 0.6 is 0 Å². The van der Waals surface area contributed by atoms with E-state index in [2.05, 4.69) is 22.2 Å². The number of pyridine rings is 2. The third-order valence-electron chi connectivity index (χ3n) is 2.76. The largest absolute Gasteiger partial charge is 0.454 e. The Morgan fingerprint density at radius 2 is 1.72 bits per heavy atom. The zero-order valence-corrected chi connectivity index (χ0v) is 10.8. The number of aryl methyl sites for hydroxylation is 1. The molecular weight excluding hydrogens is 226 g/mol. The second kappa shape index (κ2) is 5.60. The summed E-state index contributed by atoms with van der Waals surface area (Å²) in [7, 11) is 1.91. The van der Waals surface area contributed by atoms with Crippen LogP contribution in [0.25, 0.3) is 0 Å². The van der Waals surface area contributed by atoms with Gasteiger partial charge in [0.15, 0.2) is 0 Å². The van der Waals surface area contributed by atoms with E-state index in [-0.39, 0.29) is 6.04 Å². The predicted octanol–water partition coefficient (Wildman–Crippen LogP) is 2.86. The van der Waals surface area contributed by atoms with Gasteiger partial charge in [-0.2, -0.15) is 0 Å². The molecule has 1 unspecified atom stereocenters. The van der Waals surface area contributed by atoms with Gasteiger partial charge in [0.1, 0.15) is 11.5 Å². The molecule has 18 heavy (non-hydrogen) atoms. The fourth-order valence-electron chi connectivity index (χ4n) is 1.51. The predicted molar refractivity (Wildman–Crippen MR) is 70.8 cm³/mol. The molecular formula is C14H17N3O. The Kier molecular flexibility index (Phi) is 3.89. The molecule has 1 atom stereocenters. The summed E-state index contributed by atoms with van der Waals surface area (Å²) in [6.45, 7) is 4.01. The van der Waals surface area contributed by atoms with Crippen LogP contribution in [-0.2, 0) is 0 Å². The monoisotopic (exact) mass is 243 g/mol.